The highest BCUT2D eigenvalue weighted by atomic mass is 16.6. The molecule has 0 aliphatic carbocycles. The van der Waals surface area contributed by atoms with Gasteiger partial charge in [-0.2, -0.15) is 5.10 Å². The maximum absolute atomic E-state index is 12.9. The fourth-order valence-electron chi connectivity index (χ4n) is 2.81. The molecule has 0 unspecified atom stereocenters. The van der Waals surface area contributed by atoms with E-state index in [1.807, 2.05) is 0 Å². The highest BCUT2D eigenvalue weighted by Crippen LogP contribution is 2.30. The molecule has 3 aromatic rings. The molecule has 0 bridgehead atoms. The molecule has 8 heteroatoms. The average Bonchev–Trinajstić information content (AvgIpc) is 2.74. The van der Waals surface area contributed by atoms with Gasteiger partial charge in [0.05, 0.1) is 11.1 Å². The monoisotopic (exact) mass is 391 g/mol. The number of nitrogens with zero attached hydrogens (tertiary/aromatic N) is 2. The summed E-state index contributed by atoms with van der Waals surface area (Å²) in [6.07, 6.45) is 1.21. The van der Waals surface area contributed by atoms with Crippen LogP contribution in [0.1, 0.15) is 16.7 Å². The molecule has 3 N–H and O–H groups in total. The maximum Gasteiger partial charge on any atom is 0.310 e. The molecule has 0 heterocycles. The molecule has 0 saturated heterocycles. The van der Waals surface area contributed by atoms with E-state index in [9.17, 15) is 25.1 Å². The Morgan fingerprint density at radius 2 is 1.55 bits per heavy atom. The number of aromatic hydroxyl groups is 1. The molecule has 0 aliphatic heterocycles. The van der Waals surface area contributed by atoms with E-state index in [-0.39, 0.29) is 0 Å². The Balaban J connectivity index is 1.86. The van der Waals surface area contributed by atoms with Gasteiger partial charge in [0, 0.05) is 6.07 Å². The molecule has 0 atom stereocenters. The molecule has 0 saturated carbocycles. The second-order valence-corrected chi connectivity index (χ2v) is 6.15. The van der Waals surface area contributed by atoms with Crippen LogP contribution in [-0.2, 0) is 10.4 Å². The maximum atomic E-state index is 12.9. The minimum Gasteiger partial charge on any atom is -0.502 e. The molecule has 0 spiro atoms. The average molecular weight is 391 g/mol. The Morgan fingerprint density at radius 1 is 1.00 bits per heavy atom. The van der Waals surface area contributed by atoms with E-state index in [1.54, 1.807) is 60.7 Å². The van der Waals surface area contributed by atoms with Gasteiger partial charge >= 0.3 is 5.69 Å². The number of carbonyl (C=O) groups excluding carboxylic acids is 1. The first-order valence-electron chi connectivity index (χ1n) is 8.57. The normalized spacial score (nSPS) is 11.3. The van der Waals surface area contributed by atoms with Crippen molar-refractivity contribution in [1.82, 2.24) is 5.43 Å². The van der Waals surface area contributed by atoms with Gasteiger partial charge in [0.25, 0.3) is 5.91 Å². The van der Waals surface area contributed by atoms with Gasteiger partial charge in [-0.25, -0.2) is 5.43 Å². The number of nitro benzene ring substituents is 1. The van der Waals surface area contributed by atoms with E-state index in [2.05, 4.69) is 10.5 Å². The van der Waals surface area contributed by atoms with E-state index in [4.69, 9.17) is 0 Å². The zero-order valence-electron chi connectivity index (χ0n) is 15.1. The summed E-state index contributed by atoms with van der Waals surface area (Å²) in [5.74, 6) is -1.30. The van der Waals surface area contributed by atoms with Crippen molar-refractivity contribution in [3.8, 4) is 5.75 Å². The van der Waals surface area contributed by atoms with Crippen LogP contribution >= 0.6 is 0 Å². The summed E-state index contributed by atoms with van der Waals surface area (Å²) in [5, 5.41) is 35.5. The standard InChI is InChI=1S/C21H17N3O5/c25-19-13-15(11-12-18(19)24(28)29)14-22-23-20(26)21(27,16-7-3-1-4-8-16)17-9-5-2-6-10-17/h1-14,25,27H,(H,23,26). The first-order valence-corrected chi connectivity index (χ1v) is 8.57. The third-order valence-electron chi connectivity index (χ3n) is 4.29. The van der Waals surface area contributed by atoms with Gasteiger partial charge in [-0.3, -0.25) is 14.9 Å². The van der Waals surface area contributed by atoms with Crippen molar-refractivity contribution in [1.29, 1.82) is 0 Å². The minimum absolute atomic E-state index is 0.330. The lowest BCUT2D eigenvalue weighted by molar-refractivity contribution is -0.385. The van der Waals surface area contributed by atoms with Crippen molar-refractivity contribution in [2.75, 3.05) is 0 Å². The van der Waals surface area contributed by atoms with Gasteiger partial charge in [-0.1, -0.05) is 60.7 Å². The molecular weight excluding hydrogens is 374 g/mol. The van der Waals surface area contributed by atoms with Crippen molar-refractivity contribution in [2.24, 2.45) is 5.10 Å². The highest BCUT2D eigenvalue weighted by Gasteiger charge is 2.39. The topological polar surface area (TPSA) is 125 Å². The van der Waals surface area contributed by atoms with Crippen LogP contribution < -0.4 is 5.43 Å². The van der Waals surface area contributed by atoms with Crippen molar-refractivity contribution in [3.63, 3.8) is 0 Å². The van der Waals surface area contributed by atoms with Crippen LogP contribution in [0, 0.1) is 10.1 Å². The van der Waals surface area contributed by atoms with Crippen LogP contribution in [0.2, 0.25) is 0 Å². The van der Waals surface area contributed by atoms with Crippen molar-refractivity contribution >= 4 is 17.8 Å². The number of rotatable bonds is 6. The predicted molar refractivity (Wildman–Crippen MR) is 106 cm³/mol. The first kappa shape index (κ1) is 19.7. The molecule has 146 valence electrons. The van der Waals surface area contributed by atoms with Crippen LogP contribution in [0.15, 0.2) is 84.0 Å². The quantitative estimate of drug-likeness (QED) is 0.338. The molecule has 3 aromatic carbocycles. The van der Waals surface area contributed by atoms with Gasteiger partial charge < -0.3 is 10.2 Å². The number of hydrazone groups is 1. The molecule has 0 aromatic heterocycles. The number of nitro groups is 1. The molecule has 1 amide bonds. The Bertz CT molecular complexity index is 1010. The number of carbonyl (C=O) groups is 1. The zero-order valence-corrected chi connectivity index (χ0v) is 15.1. The van der Waals surface area contributed by atoms with Crippen LogP contribution in [-0.4, -0.2) is 27.3 Å². The van der Waals surface area contributed by atoms with Gasteiger partial charge in [0.1, 0.15) is 0 Å². The smallest absolute Gasteiger partial charge is 0.310 e. The van der Waals surface area contributed by atoms with Gasteiger partial charge in [-0.15, -0.1) is 0 Å². The first-order chi connectivity index (χ1) is 13.9. The van der Waals surface area contributed by atoms with Gasteiger partial charge in [-0.05, 0) is 28.8 Å². The summed E-state index contributed by atoms with van der Waals surface area (Å²) in [6, 6.07) is 20.5. The second-order valence-electron chi connectivity index (χ2n) is 6.15. The second kappa shape index (κ2) is 8.32. The van der Waals surface area contributed by atoms with Crippen LogP contribution in [0.5, 0.6) is 5.75 Å². The minimum atomic E-state index is -1.97. The zero-order chi connectivity index (χ0) is 20.9. The van der Waals surface area contributed by atoms with Crippen LogP contribution in [0.4, 0.5) is 5.69 Å². The highest BCUT2D eigenvalue weighted by molar-refractivity contribution is 5.91. The number of aliphatic hydroxyl groups is 1. The number of nitrogens with one attached hydrogen (secondary N) is 1. The Hall–Kier alpha value is -4.04. The summed E-state index contributed by atoms with van der Waals surface area (Å²) >= 11 is 0. The summed E-state index contributed by atoms with van der Waals surface area (Å²) in [6.45, 7) is 0. The van der Waals surface area contributed by atoms with Crippen molar-refractivity contribution < 1.29 is 19.9 Å². The molecule has 0 radical (unpaired) electrons. The lowest BCUT2D eigenvalue weighted by Crippen LogP contribution is -2.43. The third kappa shape index (κ3) is 4.12. The largest absolute Gasteiger partial charge is 0.502 e. The van der Waals surface area contributed by atoms with E-state index in [0.29, 0.717) is 16.7 Å². The van der Waals surface area contributed by atoms with Gasteiger partial charge in [0.2, 0.25) is 0 Å². The third-order valence-corrected chi connectivity index (χ3v) is 4.29. The SMILES string of the molecule is O=C(NN=Cc1ccc([N+](=O)[O-])c(O)c1)C(O)(c1ccccc1)c1ccccc1. The van der Waals surface area contributed by atoms with E-state index < -0.39 is 27.9 Å². The fourth-order valence-corrected chi connectivity index (χ4v) is 2.81. The Labute approximate surface area is 165 Å². The van der Waals surface area contributed by atoms with E-state index in [1.165, 1.54) is 12.3 Å². The summed E-state index contributed by atoms with van der Waals surface area (Å²) in [7, 11) is 0. The molecule has 0 fully saturated rings. The van der Waals surface area contributed by atoms with E-state index in [0.717, 1.165) is 12.1 Å². The summed E-state index contributed by atoms with van der Waals surface area (Å²) < 4.78 is 0. The summed E-state index contributed by atoms with van der Waals surface area (Å²) in [4.78, 5) is 22.9. The number of phenolic OH excluding ortho intramolecular Hbond substituents is 1. The summed E-state index contributed by atoms with van der Waals surface area (Å²) in [5.41, 5.74) is 0.944. The van der Waals surface area contributed by atoms with Gasteiger partial charge in [0.15, 0.2) is 11.4 Å². The van der Waals surface area contributed by atoms with Crippen molar-refractivity contribution in [2.45, 2.75) is 5.60 Å². The predicted octanol–water partition coefficient (Wildman–Crippen LogP) is 2.69. The fraction of sp³-hybridized carbons (Fsp3) is 0.0476. The van der Waals surface area contributed by atoms with Crippen LogP contribution in [0.3, 0.4) is 0 Å². The molecule has 0 aliphatic rings. The molecule has 29 heavy (non-hydrogen) atoms. The Kier molecular flexibility index (Phi) is 5.66. The number of phenols is 1. The number of benzene rings is 3. The molecule has 8 nitrogen and oxygen atoms in total. The lowest BCUT2D eigenvalue weighted by Gasteiger charge is -2.27. The van der Waals surface area contributed by atoms with Crippen LogP contribution in [0.25, 0.3) is 0 Å². The number of hydrogen-bond donors (Lipinski definition) is 3. The Morgan fingerprint density at radius 3 is 2.03 bits per heavy atom. The number of hydrogen-bond acceptors (Lipinski definition) is 6. The van der Waals surface area contributed by atoms with E-state index >= 15 is 0 Å². The number of amides is 1. The molecular formula is C21H17N3O5. The molecule has 3 rings (SSSR count). The lowest BCUT2D eigenvalue weighted by atomic mass is 9.85. The van der Waals surface area contributed by atoms with Crippen molar-refractivity contribution in [3.05, 3.63) is 106 Å².